The topological polar surface area (TPSA) is 32.8 Å². The molecule has 1 amide bonds. The van der Waals surface area contributed by atoms with Gasteiger partial charge in [0.2, 0.25) is 0 Å². The number of amides is 1. The molecule has 0 N–H and O–H groups in total. The maximum Gasteiger partial charge on any atom is 0.264 e. The van der Waals surface area contributed by atoms with E-state index < -0.39 is 0 Å². The number of carbonyl (C=O) groups excluding carboxylic acids is 1. The van der Waals surface area contributed by atoms with Crippen molar-refractivity contribution >= 4 is 52.0 Å². The zero-order valence-electron chi connectivity index (χ0n) is 17.6. The molecule has 1 aliphatic rings. The first-order valence-electron chi connectivity index (χ1n) is 10.3. The molecular formula is C24H23Cl3N2O2S. The Balaban J connectivity index is 1.28. The van der Waals surface area contributed by atoms with E-state index in [4.69, 9.17) is 39.5 Å². The number of carbonyl (C=O) groups is 1. The van der Waals surface area contributed by atoms with Gasteiger partial charge < -0.3 is 9.64 Å². The largest absolute Gasteiger partial charge is 0.489 e. The van der Waals surface area contributed by atoms with Gasteiger partial charge in [-0.15, -0.1) is 11.3 Å². The van der Waals surface area contributed by atoms with Gasteiger partial charge >= 0.3 is 0 Å². The molecule has 0 aliphatic carbocycles. The van der Waals surface area contributed by atoms with E-state index >= 15 is 0 Å². The lowest BCUT2D eigenvalue weighted by molar-refractivity contribution is 0.0633. The summed E-state index contributed by atoms with van der Waals surface area (Å²) in [4.78, 5) is 17.9. The second-order valence-electron chi connectivity index (χ2n) is 7.84. The first kappa shape index (κ1) is 23.4. The number of hydrogen-bond acceptors (Lipinski definition) is 4. The van der Waals surface area contributed by atoms with Crippen LogP contribution in [-0.4, -0.2) is 41.9 Å². The van der Waals surface area contributed by atoms with E-state index in [0.717, 1.165) is 52.0 Å². The molecule has 32 heavy (non-hydrogen) atoms. The van der Waals surface area contributed by atoms with Crippen molar-refractivity contribution in [2.45, 2.75) is 20.1 Å². The van der Waals surface area contributed by atoms with Gasteiger partial charge in [-0.05, 0) is 59.8 Å². The first-order valence-corrected chi connectivity index (χ1v) is 12.3. The third-order valence-corrected chi connectivity index (χ3v) is 7.58. The van der Waals surface area contributed by atoms with Crippen LogP contribution >= 0.6 is 46.1 Å². The zero-order chi connectivity index (χ0) is 22.7. The second kappa shape index (κ2) is 10.4. The molecule has 0 spiro atoms. The minimum absolute atomic E-state index is 0.0813. The summed E-state index contributed by atoms with van der Waals surface area (Å²) < 4.78 is 5.85. The molecular weight excluding hydrogens is 487 g/mol. The molecule has 1 saturated heterocycles. The second-order valence-corrected chi connectivity index (χ2v) is 9.97. The number of thiophene rings is 1. The normalized spacial score (nSPS) is 14.6. The number of hydrogen-bond donors (Lipinski definition) is 0. The van der Waals surface area contributed by atoms with Gasteiger partial charge in [-0.2, -0.15) is 0 Å². The van der Waals surface area contributed by atoms with Crippen molar-refractivity contribution in [3.8, 4) is 5.75 Å². The van der Waals surface area contributed by atoms with Gasteiger partial charge in [0.25, 0.3) is 5.91 Å². The average molecular weight is 510 g/mol. The summed E-state index contributed by atoms with van der Waals surface area (Å²) >= 11 is 19.6. The minimum Gasteiger partial charge on any atom is -0.489 e. The van der Waals surface area contributed by atoms with Crippen LogP contribution in [0, 0.1) is 6.92 Å². The van der Waals surface area contributed by atoms with Gasteiger partial charge in [-0.3, -0.25) is 9.69 Å². The maximum atomic E-state index is 12.9. The van der Waals surface area contributed by atoms with Crippen LogP contribution in [0.3, 0.4) is 0 Å². The molecule has 168 valence electrons. The number of benzene rings is 2. The molecule has 8 heteroatoms. The molecule has 4 nitrogen and oxygen atoms in total. The van der Waals surface area contributed by atoms with Crippen LogP contribution in [0.1, 0.15) is 26.4 Å². The number of nitrogens with zero attached hydrogens (tertiary/aromatic N) is 2. The number of piperazine rings is 1. The summed E-state index contributed by atoms with van der Waals surface area (Å²) in [5.74, 6) is 0.849. The van der Waals surface area contributed by atoms with Gasteiger partial charge in [0.1, 0.15) is 12.4 Å². The number of halogens is 3. The predicted octanol–water partition coefficient (Wildman–Crippen LogP) is 6.55. The molecule has 0 unspecified atom stereocenters. The molecule has 2 aromatic carbocycles. The fourth-order valence-electron chi connectivity index (χ4n) is 3.60. The lowest BCUT2D eigenvalue weighted by Crippen LogP contribution is -2.48. The van der Waals surface area contributed by atoms with Gasteiger partial charge in [-0.1, -0.05) is 40.9 Å². The van der Waals surface area contributed by atoms with Crippen LogP contribution in [0.4, 0.5) is 0 Å². The van der Waals surface area contributed by atoms with Gasteiger partial charge in [0, 0.05) is 43.3 Å². The van der Waals surface area contributed by atoms with Crippen molar-refractivity contribution in [3.63, 3.8) is 0 Å². The molecule has 4 rings (SSSR count). The van der Waals surface area contributed by atoms with Crippen molar-refractivity contribution < 1.29 is 9.53 Å². The quantitative estimate of drug-likeness (QED) is 0.377. The van der Waals surface area contributed by atoms with Crippen molar-refractivity contribution in [2.75, 3.05) is 26.2 Å². The highest BCUT2D eigenvalue weighted by Crippen LogP contribution is 2.25. The highest BCUT2D eigenvalue weighted by Gasteiger charge is 2.23. The van der Waals surface area contributed by atoms with Gasteiger partial charge in [-0.25, -0.2) is 0 Å². The number of ether oxygens (including phenoxy) is 1. The van der Waals surface area contributed by atoms with Crippen LogP contribution in [-0.2, 0) is 13.2 Å². The third kappa shape index (κ3) is 5.77. The first-order chi connectivity index (χ1) is 15.4. The highest BCUT2D eigenvalue weighted by atomic mass is 35.5. The molecule has 0 saturated carbocycles. The zero-order valence-corrected chi connectivity index (χ0v) is 20.7. The summed E-state index contributed by atoms with van der Waals surface area (Å²) in [7, 11) is 0. The highest BCUT2D eigenvalue weighted by molar-refractivity contribution is 7.12. The Hall–Kier alpha value is -1.76. The summed E-state index contributed by atoms with van der Waals surface area (Å²) in [5.41, 5.74) is 3.09. The van der Waals surface area contributed by atoms with E-state index in [2.05, 4.69) is 4.90 Å². The summed E-state index contributed by atoms with van der Waals surface area (Å²) in [5, 5.41) is 3.84. The van der Waals surface area contributed by atoms with E-state index in [1.54, 1.807) is 0 Å². The van der Waals surface area contributed by atoms with Crippen molar-refractivity contribution in [3.05, 3.63) is 84.5 Å². The van der Waals surface area contributed by atoms with Crippen molar-refractivity contribution in [1.82, 2.24) is 9.80 Å². The number of aryl methyl sites for hydroxylation is 1. The monoisotopic (exact) mass is 508 g/mol. The summed E-state index contributed by atoms with van der Waals surface area (Å²) in [6.45, 7) is 6.21. The molecule has 1 aromatic heterocycles. The molecule has 2 heterocycles. The van der Waals surface area contributed by atoms with Crippen molar-refractivity contribution in [2.24, 2.45) is 0 Å². The Kier molecular flexibility index (Phi) is 7.64. The Morgan fingerprint density at radius 1 is 0.938 bits per heavy atom. The fourth-order valence-corrected chi connectivity index (χ4v) is 4.90. The molecule has 1 fully saturated rings. The molecule has 0 bridgehead atoms. The fraction of sp³-hybridized carbons (Fsp3) is 0.292. The van der Waals surface area contributed by atoms with E-state index in [0.29, 0.717) is 29.7 Å². The Morgan fingerprint density at radius 2 is 1.69 bits per heavy atom. The third-order valence-electron chi connectivity index (χ3n) is 5.45. The molecule has 3 aromatic rings. The molecule has 0 radical (unpaired) electrons. The summed E-state index contributed by atoms with van der Waals surface area (Å²) in [6.07, 6.45) is 0. The molecule has 0 atom stereocenters. The summed E-state index contributed by atoms with van der Waals surface area (Å²) in [6, 6.07) is 13.2. The average Bonchev–Trinajstić information content (AvgIpc) is 3.26. The maximum absolute atomic E-state index is 12.9. The van der Waals surface area contributed by atoms with Gasteiger partial charge in [0.15, 0.2) is 0 Å². The Labute approximate surface area is 207 Å². The Morgan fingerprint density at radius 3 is 2.41 bits per heavy atom. The van der Waals surface area contributed by atoms with Crippen LogP contribution in [0.15, 0.2) is 47.8 Å². The number of rotatable bonds is 6. The predicted molar refractivity (Wildman–Crippen MR) is 132 cm³/mol. The lowest BCUT2D eigenvalue weighted by Gasteiger charge is -2.34. The Bertz CT molecular complexity index is 1110. The SMILES string of the molecule is Cc1cc(OCc2csc(C(=O)N3CCN(Cc4ccc(Cl)c(Cl)c4)CC3)c2)ccc1Cl. The van der Waals surface area contributed by atoms with Gasteiger partial charge in [0.05, 0.1) is 14.9 Å². The van der Waals surface area contributed by atoms with E-state index in [1.807, 2.05) is 59.7 Å². The molecule has 1 aliphatic heterocycles. The van der Waals surface area contributed by atoms with E-state index in [9.17, 15) is 4.79 Å². The van der Waals surface area contributed by atoms with Crippen LogP contribution < -0.4 is 4.74 Å². The van der Waals surface area contributed by atoms with E-state index in [1.165, 1.54) is 11.3 Å². The minimum atomic E-state index is 0.0813. The van der Waals surface area contributed by atoms with Crippen LogP contribution in [0.2, 0.25) is 15.1 Å². The lowest BCUT2D eigenvalue weighted by atomic mass is 10.2. The van der Waals surface area contributed by atoms with Crippen LogP contribution in [0.5, 0.6) is 5.75 Å². The smallest absolute Gasteiger partial charge is 0.264 e. The van der Waals surface area contributed by atoms with Crippen molar-refractivity contribution in [1.29, 1.82) is 0 Å². The van der Waals surface area contributed by atoms with Crippen LogP contribution in [0.25, 0.3) is 0 Å². The van der Waals surface area contributed by atoms with E-state index in [-0.39, 0.29) is 5.91 Å². The standard InChI is InChI=1S/C24H23Cl3N2O2S/c1-16-10-19(3-5-20(16)25)31-14-18-12-23(32-15-18)24(30)29-8-6-28(7-9-29)13-17-2-4-21(26)22(27)11-17/h2-5,10-12,15H,6-9,13-14H2,1H3.